The Kier molecular flexibility index (Phi) is 4.44. The SMILES string of the molecule is CC.Cc1ccc2ccc(-c3nnc4c5ccccc5c5ccccc5n34)cc2c1. The van der Waals surface area contributed by atoms with Crippen molar-refractivity contribution in [3.05, 3.63) is 90.5 Å². The van der Waals surface area contributed by atoms with Crippen LogP contribution in [-0.4, -0.2) is 14.6 Å². The Labute approximate surface area is 175 Å². The van der Waals surface area contributed by atoms with Crippen molar-refractivity contribution in [3.8, 4) is 11.4 Å². The van der Waals surface area contributed by atoms with E-state index in [1.165, 1.54) is 27.1 Å². The maximum absolute atomic E-state index is 4.61. The molecule has 0 saturated heterocycles. The van der Waals surface area contributed by atoms with Gasteiger partial charge in [0.2, 0.25) is 0 Å². The van der Waals surface area contributed by atoms with Gasteiger partial charge in [0, 0.05) is 16.3 Å². The zero-order valence-corrected chi connectivity index (χ0v) is 17.4. The van der Waals surface area contributed by atoms with E-state index in [0.29, 0.717) is 0 Å². The van der Waals surface area contributed by atoms with Crippen LogP contribution in [0.25, 0.3) is 49.5 Å². The lowest BCUT2D eigenvalue weighted by Gasteiger charge is -2.10. The van der Waals surface area contributed by atoms with E-state index in [4.69, 9.17) is 0 Å². The second-order valence-electron chi connectivity index (χ2n) is 7.31. The number of para-hydroxylation sites is 1. The number of rotatable bonds is 1. The first-order valence-electron chi connectivity index (χ1n) is 10.4. The van der Waals surface area contributed by atoms with Gasteiger partial charge >= 0.3 is 0 Å². The molecule has 2 heterocycles. The number of aryl methyl sites for hydroxylation is 1. The molecular weight excluding hydrogens is 366 g/mol. The van der Waals surface area contributed by atoms with Crippen LogP contribution < -0.4 is 0 Å². The van der Waals surface area contributed by atoms with Crippen LogP contribution >= 0.6 is 0 Å². The van der Waals surface area contributed by atoms with Crippen LogP contribution in [0.4, 0.5) is 0 Å². The summed E-state index contributed by atoms with van der Waals surface area (Å²) in [6.45, 7) is 6.12. The number of benzene rings is 4. The van der Waals surface area contributed by atoms with Gasteiger partial charge in [0.05, 0.1) is 5.52 Å². The number of pyridine rings is 1. The highest BCUT2D eigenvalue weighted by Crippen LogP contribution is 2.32. The number of aromatic nitrogens is 3. The van der Waals surface area contributed by atoms with E-state index >= 15 is 0 Å². The summed E-state index contributed by atoms with van der Waals surface area (Å²) < 4.78 is 2.19. The number of fused-ring (bicyclic) bond motifs is 7. The largest absolute Gasteiger partial charge is 0.274 e. The molecule has 0 N–H and O–H groups in total. The molecule has 0 amide bonds. The zero-order chi connectivity index (χ0) is 20.7. The predicted octanol–water partition coefficient (Wildman–Crippen LogP) is 7.19. The van der Waals surface area contributed by atoms with E-state index in [9.17, 15) is 0 Å². The van der Waals surface area contributed by atoms with Gasteiger partial charge < -0.3 is 0 Å². The maximum atomic E-state index is 4.61. The molecule has 0 aliphatic heterocycles. The Morgan fingerprint density at radius 1 is 0.633 bits per heavy atom. The third-order valence-electron chi connectivity index (χ3n) is 5.52. The summed E-state index contributed by atoms with van der Waals surface area (Å²) in [4.78, 5) is 0. The highest BCUT2D eigenvalue weighted by molar-refractivity contribution is 6.12. The first kappa shape index (κ1) is 18.3. The van der Waals surface area contributed by atoms with Crippen molar-refractivity contribution in [1.29, 1.82) is 0 Å². The van der Waals surface area contributed by atoms with Crippen molar-refractivity contribution in [1.82, 2.24) is 14.6 Å². The zero-order valence-electron chi connectivity index (χ0n) is 17.4. The van der Waals surface area contributed by atoms with Gasteiger partial charge in [-0.1, -0.05) is 92.2 Å². The summed E-state index contributed by atoms with van der Waals surface area (Å²) in [5, 5.41) is 15.2. The number of hydrogen-bond donors (Lipinski definition) is 0. The fraction of sp³-hybridized carbons (Fsp3) is 0.111. The summed E-state index contributed by atoms with van der Waals surface area (Å²) in [6, 6.07) is 29.9. The van der Waals surface area contributed by atoms with Crippen molar-refractivity contribution >= 4 is 38.1 Å². The second kappa shape index (κ2) is 7.27. The van der Waals surface area contributed by atoms with Gasteiger partial charge in [-0.3, -0.25) is 4.40 Å². The highest BCUT2D eigenvalue weighted by atomic mass is 15.2. The van der Waals surface area contributed by atoms with Crippen LogP contribution in [0.1, 0.15) is 19.4 Å². The Morgan fingerprint density at radius 2 is 1.33 bits per heavy atom. The lowest BCUT2D eigenvalue weighted by molar-refractivity contribution is 1.12. The van der Waals surface area contributed by atoms with Crippen LogP contribution in [-0.2, 0) is 0 Å². The van der Waals surface area contributed by atoms with E-state index in [-0.39, 0.29) is 0 Å². The average molecular weight is 390 g/mol. The molecule has 6 aromatic rings. The molecule has 0 atom stereocenters. The highest BCUT2D eigenvalue weighted by Gasteiger charge is 2.15. The molecule has 0 radical (unpaired) electrons. The summed E-state index contributed by atoms with van der Waals surface area (Å²) in [5.74, 6) is 0.875. The van der Waals surface area contributed by atoms with Gasteiger partial charge in [-0.2, -0.15) is 0 Å². The minimum absolute atomic E-state index is 0.875. The van der Waals surface area contributed by atoms with Crippen molar-refractivity contribution in [2.75, 3.05) is 0 Å². The smallest absolute Gasteiger partial charge is 0.169 e. The van der Waals surface area contributed by atoms with Crippen LogP contribution in [0.3, 0.4) is 0 Å². The first-order chi connectivity index (χ1) is 14.8. The number of nitrogens with zero attached hydrogens (tertiary/aromatic N) is 3. The average Bonchev–Trinajstić information content (AvgIpc) is 3.26. The fourth-order valence-electron chi connectivity index (χ4n) is 4.19. The lowest BCUT2D eigenvalue weighted by Crippen LogP contribution is -1.94. The normalized spacial score (nSPS) is 11.2. The standard InChI is InChI=1S/C25H17N3.C2H6/c1-16-10-11-17-12-13-18(15-19(17)14-16)24-26-27-25-22-8-3-2-6-20(22)21-7-4-5-9-23(21)28(24)25;1-2/h2-15H,1H3;1-2H3. The summed E-state index contributed by atoms with van der Waals surface area (Å²) in [5.41, 5.74) is 4.35. The second-order valence-corrected chi connectivity index (χ2v) is 7.31. The number of hydrogen-bond acceptors (Lipinski definition) is 2. The Balaban J connectivity index is 0.000000937. The topological polar surface area (TPSA) is 30.2 Å². The molecule has 3 nitrogen and oxygen atoms in total. The summed E-state index contributed by atoms with van der Waals surface area (Å²) in [7, 11) is 0. The van der Waals surface area contributed by atoms with E-state index in [1.807, 2.05) is 13.8 Å². The molecule has 146 valence electrons. The Morgan fingerprint density at radius 3 is 2.17 bits per heavy atom. The molecule has 3 heteroatoms. The van der Waals surface area contributed by atoms with Crippen molar-refractivity contribution in [2.45, 2.75) is 20.8 Å². The van der Waals surface area contributed by atoms with Crippen molar-refractivity contribution in [3.63, 3.8) is 0 Å². The first-order valence-corrected chi connectivity index (χ1v) is 10.4. The molecule has 4 aromatic carbocycles. The van der Waals surface area contributed by atoms with Gasteiger partial charge in [0.15, 0.2) is 11.5 Å². The Bertz CT molecular complexity index is 1530. The quantitative estimate of drug-likeness (QED) is 0.279. The molecular formula is C27H23N3. The van der Waals surface area contributed by atoms with Crippen molar-refractivity contribution in [2.24, 2.45) is 0 Å². The minimum atomic E-state index is 0.875. The molecule has 0 unspecified atom stereocenters. The van der Waals surface area contributed by atoms with Crippen LogP contribution in [0, 0.1) is 6.92 Å². The van der Waals surface area contributed by atoms with Gasteiger partial charge in [-0.15, -0.1) is 10.2 Å². The molecule has 0 spiro atoms. The van der Waals surface area contributed by atoms with E-state index in [2.05, 4.69) is 106 Å². The summed E-state index contributed by atoms with van der Waals surface area (Å²) in [6.07, 6.45) is 0. The maximum Gasteiger partial charge on any atom is 0.169 e. The minimum Gasteiger partial charge on any atom is -0.274 e. The lowest BCUT2D eigenvalue weighted by atomic mass is 10.0. The van der Waals surface area contributed by atoms with E-state index < -0.39 is 0 Å². The molecule has 0 aliphatic carbocycles. The van der Waals surface area contributed by atoms with Gasteiger partial charge in [0.25, 0.3) is 0 Å². The third-order valence-corrected chi connectivity index (χ3v) is 5.52. The van der Waals surface area contributed by atoms with Crippen LogP contribution in [0.5, 0.6) is 0 Å². The van der Waals surface area contributed by atoms with E-state index in [0.717, 1.165) is 27.9 Å². The molecule has 0 fully saturated rings. The predicted molar refractivity (Wildman–Crippen MR) is 127 cm³/mol. The van der Waals surface area contributed by atoms with Crippen LogP contribution in [0.2, 0.25) is 0 Å². The molecule has 30 heavy (non-hydrogen) atoms. The van der Waals surface area contributed by atoms with E-state index in [1.54, 1.807) is 0 Å². The molecule has 2 aromatic heterocycles. The monoisotopic (exact) mass is 389 g/mol. The Hall–Kier alpha value is -3.72. The molecule has 0 saturated carbocycles. The summed E-state index contributed by atoms with van der Waals surface area (Å²) >= 11 is 0. The molecule has 6 rings (SSSR count). The fourth-order valence-corrected chi connectivity index (χ4v) is 4.19. The third kappa shape index (κ3) is 2.74. The van der Waals surface area contributed by atoms with Gasteiger partial charge in [-0.05, 0) is 35.2 Å². The van der Waals surface area contributed by atoms with Crippen molar-refractivity contribution < 1.29 is 0 Å². The van der Waals surface area contributed by atoms with Crippen LogP contribution in [0.15, 0.2) is 84.9 Å². The molecule has 0 bridgehead atoms. The molecule has 0 aliphatic rings. The van der Waals surface area contributed by atoms with Gasteiger partial charge in [0.1, 0.15) is 0 Å². The van der Waals surface area contributed by atoms with Gasteiger partial charge in [-0.25, -0.2) is 0 Å².